The van der Waals surface area contributed by atoms with E-state index >= 15 is 0 Å². The molecule has 4 rings (SSSR count). The van der Waals surface area contributed by atoms with Gasteiger partial charge < -0.3 is 15.1 Å². The maximum absolute atomic E-state index is 13.8. The van der Waals surface area contributed by atoms with Crippen LogP contribution in [0.4, 0.5) is 23.5 Å². The quantitative estimate of drug-likeness (QED) is 0.715. The highest BCUT2D eigenvalue weighted by molar-refractivity contribution is 7.13. The van der Waals surface area contributed by atoms with Gasteiger partial charge in [0.15, 0.2) is 5.13 Å². The average Bonchev–Trinajstić information content (AvgIpc) is 3.30. The van der Waals surface area contributed by atoms with E-state index in [4.69, 9.17) is 0 Å². The lowest BCUT2D eigenvalue weighted by Crippen LogP contribution is -2.51. The van der Waals surface area contributed by atoms with Gasteiger partial charge in [-0.05, 0) is 43.9 Å². The van der Waals surface area contributed by atoms with Crippen LogP contribution >= 0.6 is 11.3 Å². The number of hydrogen-bond acceptors (Lipinski definition) is 4. The second-order valence-corrected chi connectivity index (χ2v) is 8.83. The van der Waals surface area contributed by atoms with Crippen LogP contribution in [0.15, 0.2) is 35.3 Å². The Balaban J connectivity index is 1.21. The molecule has 2 aliphatic heterocycles. The van der Waals surface area contributed by atoms with Gasteiger partial charge in [-0.1, -0.05) is 11.6 Å². The van der Waals surface area contributed by atoms with Crippen molar-refractivity contribution in [3.05, 3.63) is 52.5 Å². The van der Waals surface area contributed by atoms with E-state index in [9.17, 15) is 18.4 Å². The minimum Gasteiger partial charge on any atom is -0.335 e. The molecule has 7 nitrogen and oxygen atoms in total. The molecule has 2 N–H and O–H groups in total. The first-order chi connectivity index (χ1) is 15.5. The summed E-state index contributed by atoms with van der Waals surface area (Å²) >= 11 is 1.37. The summed E-state index contributed by atoms with van der Waals surface area (Å²) < 4.78 is 27.2. The third-order valence-corrected chi connectivity index (χ3v) is 6.46. The topological polar surface area (TPSA) is 77.6 Å². The van der Waals surface area contributed by atoms with E-state index in [1.54, 1.807) is 27.5 Å². The molecule has 170 valence electrons. The van der Waals surface area contributed by atoms with Gasteiger partial charge in [0.05, 0.1) is 0 Å². The fraction of sp³-hybridized carbons (Fsp3) is 0.409. The molecule has 1 aromatic carbocycles. The zero-order chi connectivity index (χ0) is 22.5. The molecule has 2 fully saturated rings. The van der Waals surface area contributed by atoms with Gasteiger partial charge in [0.2, 0.25) is 0 Å². The predicted molar refractivity (Wildman–Crippen MR) is 119 cm³/mol. The summed E-state index contributed by atoms with van der Waals surface area (Å²) in [4.78, 5) is 32.5. The van der Waals surface area contributed by atoms with Crippen LogP contribution in [0.3, 0.4) is 0 Å². The number of anilines is 1. The Morgan fingerprint density at radius 2 is 1.78 bits per heavy atom. The number of amides is 4. The molecule has 32 heavy (non-hydrogen) atoms. The van der Waals surface area contributed by atoms with Crippen LogP contribution in [0.1, 0.15) is 31.2 Å². The van der Waals surface area contributed by atoms with Crippen LogP contribution in [-0.2, 0) is 0 Å². The van der Waals surface area contributed by atoms with E-state index in [2.05, 4.69) is 15.6 Å². The molecule has 2 aliphatic rings. The summed E-state index contributed by atoms with van der Waals surface area (Å²) in [5, 5.41) is 8.22. The number of nitrogens with one attached hydrogen (secondary N) is 2. The highest BCUT2D eigenvalue weighted by atomic mass is 32.1. The van der Waals surface area contributed by atoms with Crippen molar-refractivity contribution in [2.75, 3.05) is 31.5 Å². The molecule has 0 aliphatic carbocycles. The molecule has 0 spiro atoms. The van der Waals surface area contributed by atoms with Crippen molar-refractivity contribution < 1.29 is 18.4 Å². The summed E-state index contributed by atoms with van der Waals surface area (Å²) in [6.45, 7) is 2.19. The number of carbonyl (C=O) groups is 2. The van der Waals surface area contributed by atoms with Gasteiger partial charge in [-0.25, -0.2) is 23.4 Å². The van der Waals surface area contributed by atoms with E-state index in [0.717, 1.165) is 17.7 Å². The normalized spacial score (nSPS) is 17.2. The molecule has 0 unspecified atom stereocenters. The highest BCUT2D eigenvalue weighted by Crippen LogP contribution is 2.22. The lowest BCUT2D eigenvalue weighted by Gasteiger charge is -2.34. The van der Waals surface area contributed by atoms with Crippen LogP contribution in [0, 0.1) is 11.6 Å². The lowest BCUT2D eigenvalue weighted by atomic mass is 10.0. The summed E-state index contributed by atoms with van der Waals surface area (Å²) in [5.74, 6) is -0.924. The van der Waals surface area contributed by atoms with Crippen LogP contribution in [0.5, 0.6) is 0 Å². The number of carbonyl (C=O) groups excluding carboxylic acids is 2. The van der Waals surface area contributed by atoms with Crippen molar-refractivity contribution in [1.82, 2.24) is 20.1 Å². The van der Waals surface area contributed by atoms with Gasteiger partial charge in [-0.15, -0.1) is 11.3 Å². The number of likely N-dealkylation sites (tertiary alicyclic amines) is 2. The molecule has 0 atom stereocenters. The van der Waals surface area contributed by atoms with Crippen molar-refractivity contribution in [2.45, 2.75) is 31.7 Å². The van der Waals surface area contributed by atoms with Gasteiger partial charge >= 0.3 is 12.1 Å². The third-order valence-electron chi connectivity index (χ3n) is 5.77. The SMILES string of the molecule is O=C(Nc1nccs1)N1CCC(NC(=O)N2CCC(=Cc3cc(F)ccc3F)CC2)CC1. The van der Waals surface area contributed by atoms with Gasteiger partial charge in [0.25, 0.3) is 0 Å². The number of rotatable bonds is 3. The predicted octanol–water partition coefficient (Wildman–Crippen LogP) is 4.31. The van der Waals surface area contributed by atoms with Crippen molar-refractivity contribution in [3.63, 3.8) is 0 Å². The van der Waals surface area contributed by atoms with Crippen molar-refractivity contribution >= 4 is 34.6 Å². The van der Waals surface area contributed by atoms with E-state index in [0.29, 0.717) is 57.0 Å². The molecular weight excluding hydrogens is 436 g/mol. The molecule has 1 aromatic heterocycles. The highest BCUT2D eigenvalue weighted by Gasteiger charge is 2.26. The number of halogens is 2. The van der Waals surface area contributed by atoms with E-state index in [-0.39, 0.29) is 23.7 Å². The standard InChI is InChI=1S/C22H25F2N5O2S/c23-17-1-2-19(24)16(14-17)13-15-3-8-28(9-4-15)21(30)26-18-5-10-29(11-6-18)22(31)27-20-25-7-12-32-20/h1-2,7,12-14,18H,3-6,8-11H2,(H,26,30)(H,25,27,31). The minimum atomic E-state index is -0.471. The maximum Gasteiger partial charge on any atom is 0.323 e. The van der Waals surface area contributed by atoms with Crippen LogP contribution < -0.4 is 10.6 Å². The van der Waals surface area contributed by atoms with E-state index in [1.807, 2.05) is 0 Å². The van der Waals surface area contributed by atoms with Gasteiger partial charge in [-0.2, -0.15) is 0 Å². The first kappa shape index (κ1) is 22.2. The third kappa shape index (κ3) is 5.61. The molecule has 0 saturated carbocycles. The van der Waals surface area contributed by atoms with E-state index in [1.165, 1.54) is 17.4 Å². The number of aromatic nitrogens is 1. The lowest BCUT2D eigenvalue weighted by molar-refractivity contribution is 0.172. The molecule has 2 saturated heterocycles. The van der Waals surface area contributed by atoms with Gasteiger partial charge in [0.1, 0.15) is 11.6 Å². The number of hydrogen-bond donors (Lipinski definition) is 2. The molecular formula is C22H25F2N5O2S. The number of piperidine rings is 2. The molecule has 0 radical (unpaired) electrons. The molecule has 3 heterocycles. The first-order valence-corrected chi connectivity index (χ1v) is 11.5. The summed E-state index contributed by atoms with van der Waals surface area (Å²) in [6, 6.07) is 3.14. The summed E-state index contributed by atoms with van der Waals surface area (Å²) in [7, 11) is 0. The summed E-state index contributed by atoms with van der Waals surface area (Å²) in [5.41, 5.74) is 1.24. The van der Waals surface area contributed by atoms with Crippen molar-refractivity contribution in [1.29, 1.82) is 0 Å². The Hall–Kier alpha value is -3.01. The number of urea groups is 2. The Labute approximate surface area is 189 Å². The zero-order valence-electron chi connectivity index (χ0n) is 17.5. The average molecular weight is 462 g/mol. The van der Waals surface area contributed by atoms with Crippen LogP contribution in [0.25, 0.3) is 6.08 Å². The maximum atomic E-state index is 13.8. The monoisotopic (exact) mass is 461 g/mol. The first-order valence-electron chi connectivity index (χ1n) is 10.6. The minimum absolute atomic E-state index is 0.0183. The Kier molecular flexibility index (Phi) is 6.99. The van der Waals surface area contributed by atoms with Crippen LogP contribution in [-0.4, -0.2) is 59.1 Å². The number of nitrogens with zero attached hydrogens (tertiary/aromatic N) is 3. The van der Waals surface area contributed by atoms with Gasteiger partial charge in [-0.3, -0.25) is 5.32 Å². The smallest absolute Gasteiger partial charge is 0.323 e. The fourth-order valence-electron chi connectivity index (χ4n) is 3.94. The van der Waals surface area contributed by atoms with Gasteiger partial charge in [0, 0.05) is 49.4 Å². The largest absolute Gasteiger partial charge is 0.335 e. The zero-order valence-corrected chi connectivity index (χ0v) is 18.3. The number of thiazole rings is 1. The molecule has 10 heteroatoms. The van der Waals surface area contributed by atoms with Crippen molar-refractivity contribution in [3.8, 4) is 0 Å². The Morgan fingerprint density at radius 1 is 1.06 bits per heavy atom. The second kappa shape index (κ2) is 10.1. The van der Waals surface area contributed by atoms with E-state index < -0.39 is 11.6 Å². The summed E-state index contributed by atoms with van der Waals surface area (Å²) in [6.07, 6.45) is 5.95. The van der Waals surface area contributed by atoms with Crippen molar-refractivity contribution in [2.24, 2.45) is 0 Å². The number of benzene rings is 1. The Bertz CT molecular complexity index is 980. The molecule has 0 bridgehead atoms. The second-order valence-electron chi connectivity index (χ2n) is 7.93. The molecule has 4 amide bonds. The molecule has 2 aromatic rings. The van der Waals surface area contributed by atoms with Crippen LogP contribution in [0.2, 0.25) is 0 Å². The Morgan fingerprint density at radius 3 is 2.47 bits per heavy atom. The fourth-order valence-corrected chi connectivity index (χ4v) is 4.45.